The molecule has 1 aromatic carbocycles. The number of hydrogen-bond donors (Lipinski definition) is 2. The standard InChI is InChI=1S/C13H17FN4.HI/c1-13(2,3)18-12(16)17-8-10-5-4-9(7-15)6-11(10)14;/h4-6H,8H2,1-3H3,(H3,16,17,18);1H. The first-order chi connectivity index (χ1) is 8.31. The number of guanidine groups is 1. The number of nitrogens with zero attached hydrogens (tertiary/aromatic N) is 2. The molecule has 4 nitrogen and oxygen atoms in total. The van der Waals surface area contributed by atoms with Crippen molar-refractivity contribution >= 4 is 29.9 Å². The molecule has 104 valence electrons. The van der Waals surface area contributed by atoms with Gasteiger partial charge in [0.15, 0.2) is 5.96 Å². The zero-order valence-corrected chi connectivity index (χ0v) is 13.5. The monoisotopic (exact) mass is 376 g/mol. The van der Waals surface area contributed by atoms with Crippen LogP contribution in [-0.4, -0.2) is 11.5 Å². The van der Waals surface area contributed by atoms with Gasteiger partial charge in [-0.05, 0) is 32.9 Å². The van der Waals surface area contributed by atoms with Crippen molar-refractivity contribution in [3.05, 3.63) is 35.1 Å². The largest absolute Gasteiger partial charge is 0.370 e. The number of benzene rings is 1. The molecule has 1 rings (SSSR count). The third kappa shape index (κ3) is 6.38. The molecule has 6 heteroatoms. The van der Waals surface area contributed by atoms with Gasteiger partial charge in [0.2, 0.25) is 0 Å². The molecule has 19 heavy (non-hydrogen) atoms. The van der Waals surface area contributed by atoms with Crippen molar-refractivity contribution in [3.63, 3.8) is 0 Å². The summed E-state index contributed by atoms with van der Waals surface area (Å²) >= 11 is 0. The van der Waals surface area contributed by atoms with Crippen molar-refractivity contribution < 1.29 is 4.39 Å². The smallest absolute Gasteiger partial charge is 0.189 e. The molecule has 1 aromatic rings. The normalized spacial score (nSPS) is 11.4. The first kappa shape index (κ1) is 17.6. The van der Waals surface area contributed by atoms with Gasteiger partial charge in [-0.2, -0.15) is 5.26 Å². The van der Waals surface area contributed by atoms with Crippen LogP contribution in [-0.2, 0) is 6.54 Å². The Labute approximate surface area is 129 Å². The molecule has 0 aromatic heterocycles. The Bertz CT molecular complexity index is 500. The van der Waals surface area contributed by atoms with Gasteiger partial charge in [0.1, 0.15) is 5.82 Å². The van der Waals surface area contributed by atoms with Gasteiger partial charge in [-0.25, -0.2) is 9.38 Å². The van der Waals surface area contributed by atoms with E-state index in [1.165, 1.54) is 6.07 Å². The molecular weight excluding hydrogens is 358 g/mol. The molecule has 0 radical (unpaired) electrons. The first-order valence-corrected chi connectivity index (χ1v) is 5.58. The van der Waals surface area contributed by atoms with Crippen LogP contribution in [0.4, 0.5) is 4.39 Å². The average molecular weight is 376 g/mol. The van der Waals surface area contributed by atoms with E-state index < -0.39 is 5.82 Å². The molecule has 0 aliphatic heterocycles. The SMILES string of the molecule is CC(C)(C)NC(N)=NCc1ccc(C#N)cc1F.I. The third-order valence-electron chi connectivity index (χ3n) is 2.10. The predicted octanol–water partition coefficient (Wildman–Crippen LogP) is 2.52. The maximum Gasteiger partial charge on any atom is 0.189 e. The third-order valence-corrected chi connectivity index (χ3v) is 2.10. The summed E-state index contributed by atoms with van der Waals surface area (Å²) in [7, 11) is 0. The Balaban J connectivity index is 0.00000324. The highest BCUT2D eigenvalue weighted by Crippen LogP contribution is 2.11. The number of halogens is 2. The van der Waals surface area contributed by atoms with E-state index in [2.05, 4.69) is 10.3 Å². The summed E-state index contributed by atoms with van der Waals surface area (Å²) < 4.78 is 13.5. The lowest BCUT2D eigenvalue weighted by Gasteiger charge is -2.21. The van der Waals surface area contributed by atoms with Gasteiger partial charge in [-0.15, -0.1) is 24.0 Å². The second kappa shape index (κ2) is 7.28. The minimum absolute atomic E-state index is 0. The highest BCUT2D eigenvalue weighted by Gasteiger charge is 2.10. The molecule has 0 fully saturated rings. The van der Waals surface area contributed by atoms with Crippen LogP contribution in [0.15, 0.2) is 23.2 Å². The van der Waals surface area contributed by atoms with E-state index in [-0.39, 0.29) is 42.0 Å². The second-order valence-corrected chi connectivity index (χ2v) is 4.99. The van der Waals surface area contributed by atoms with Crippen LogP contribution in [0.25, 0.3) is 0 Å². The number of nitrogens with one attached hydrogen (secondary N) is 1. The topological polar surface area (TPSA) is 74.2 Å². The van der Waals surface area contributed by atoms with Crippen molar-refractivity contribution in [1.29, 1.82) is 5.26 Å². The van der Waals surface area contributed by atoms with Gasteiger partial charge in [0.25, 0.3) is 0 Å². The minimum Gasteiger partial charge on any atom is -0.370 e. The zero-order valence-electron chi connectivity index (χ0n) is 11.2. The minimum atomic E-state index is -0.443. The Morgan fingerprint density at radius 3 is 2.58 bits per heavy atom. The van der Waals surface area contributed by atoms with Gasteiger partial charge >= 0.3 is 0 Å². The van der Waals surface area contributed by atoms with E-state index in [0.29, 0.717) is 11.1 Å². The van der Waals surface area contributed by atoms with E-state index in [1.807, 2.05) is 26.8 Å². The lowest BCUT2D eigenvalue weighted by atomic mass is 10.1. The first-order valence-electron chi connectivity index (χ1n) is 5.58. The number of nitriles is 1. The average Bonchev–Trinajstić information content (AvgIpc) is 2.25. The highest BCUT2D eigenvalue weighted by molar-refractivity contribution is 14.0. The summed E-state index contributed by atoms with van der Waals surface area (Å²) in [5, 5.41) is 11.6. The molecule has 3 N–H and O–H groups in total. The van der Waals surface area contributed by atoms with E-state index in [1.54, 1.807) is 12.1 Å². The van der Waals surface area contributed by atoms with E-state index in [0.717, 1.165) is 0 Å². The Morgan fingerprint density at radius 2 is 2.11 bits per heavy atom. The molecule has 0 aliphatic carbocycles. The molecule has 0 saturated carbocycles. The number of rotatable bonds is 2. The van der Waals surface area contributed by atoms with E-state index >= 15 is 0 Å². The molecule has 0 aliphatic rings. The van der Waals surface area contributed by atoms with Crippen molar-refractivity contribution in [3.8, 4) is 6.07 Å². The van der Waals surface area contributed by atoms with Crippen molar-refractivity contribution in [2.75, 3.05) is 0 Å². The maximum atomic E-state index is 13.5. The van der Waals surface area contributed by atoms with Crippen LogP contribution in [0.2, 0.25) is 0 Å². The van der Waals surface area contributed by atoms with Gasteiger partial charge < -0.3 is 11.1 Å². The molecule has 0 spiro atoms. The highest BCUT2D eigenvalue weighted by atomic mass is 127. The van der Waals surface area contributed by atoms with Crippen molar-refractivity contribution in [2.45, 2.75) is 32.9 Å². The van der Waals surface area contributed by atoms with Crippen LogP contribution in [0.3, 0.4) is 0 Å². The molecule has 0 amide bonds. The van der Waals surface area contributed by atoms with E-state index in [9.17, 15) is 4.39 Å². The van der Waals surface area contributed by atoms with Crippen LogP contribution in [0.1, 0.15) is 31.9 Å². The quantitative estimate of drug-likeness (QED) is 0.473. The Hall–Kier alpha value is -1.36. The van der Waals surface area contributed by atoms with Gasteiger partial charge in [0.05, 0.1) is 18.2 Å². The number of aliphatic imine (C=N–C) groups is 1. The lowest BCUT2D eigenvalue weighted by Crippen LogP contribution is -2.44. The van der Waals surface area contributed by atoms with Crippen LogP contribution < -0.4 is 11.1 Å². The molecule has 0 atom stereocenters. The lowest BCUT2D eigenvalue weighted by molar-refractivity contribution is 0.508. The van der Waals surface area contributed by atoms with Gasteiger partial charge in [-0.3, -0.25) is 0 Å². The fourth-order valence-corrected chi connectivity index (χ4v) is 1.34. The number of nitrogens with two attached hydrogens (primary N) is 1. The number of hydrogen-bond acceptors (Lipinski definition) is 2. The van der Waals surface area contributed by atoms with Crippen molar-refractivity contribution in [1.82, 2.24) is 5.32 Å². The van der Waals surface area contributed by atoms with Crippen molar-refractivity contribution in [2.24, 2.45) is 10.7 Å². The molecular formula is C13H18FIN4. The van der Waals surface area contributed by atoms with Crippen LogP contribution in [0, 0.1) is 17.1 Å². The summed E-state index contributed by atoms with van der Waals surface area (Å²) in [5.41, 5.74) is 6.20. The fourth-order valence-electron chi connectivity index (χ4n) is 1.34. The molecule has 0 unspecified atom stereocenters. The summed E-state index contributed by atoms with van der Waals surface area (Å²) in [6.07, 6.45) is 0. The summed E-state index contributed by atoms with van der Waals surface area (Å²) in [4.78, 5) is 4.06. The predicted molar refractivity (Wildman–Crippen MR) is 84.7 cm³/mol. The maximum absolute atomic E-state index is 13.5. The second-order valence-electron chi connectivity index (χ2n) is 4.99. The summed E-state index contributed by atoms with van der Waals surface area (Å²) in [6, 6.07) is 6.17. The zero-order chi connectivity index (χ0) is 13.8. The van der Waals surface area contributed by atoms with Crippen LogP contribution in [0.5, 0.6) is 0 Å². The molecule has 0 bridgehead atoms. The van der Waals surface area contributed by atoms with E-state index in [4.69, 9.17) is 11.0 Å². The Kier molecular flexibility index (Phi) is 6.76. The van der Waals surface area contributed by atoms with Gasteiger partial charge in [0, 0.05) is 11.1 Å². The van der Waals surface area contributed by atoms with Crippen LogP contribution >= 0.6 is 24.0 Å². The Morgan fingerprint density at radius 1 is 1.47 bits per heavy atom. The van der Waals surface area contributed by atoms with Gasteiger partial charge in [-0.1, -0.05) is 6.07 Å². The fraction of sp³-hybridized carbons (Fsp3) is 0.385. The summed E-state index contributed by atoms with van der Waals surface area (Å²) in [6.45, 7) is 6.01. The molecule has 0 heterocycles. The summed E-state index contributed by atoms with van der Waals surface area (Å²) in [5.74, 6) is -0.174. The molecule has 0 saturated heterocycles.